The van der Waals surface area contributed by atoms with Crippen LogP contribution in [0.1, 0.15) is 19.8 Å². The van der Waals surface area contributed by atoms with Crippen molar-refractivity contribution in [3.8, 4) is 5.75 Å². The van der Waals surface area contributed by atoms with Crippen molar-refractivity contribution in [1.29, 1.82) is 0 Å². The van der Waals surface area contributed by atoms with Gasteiger partial charge in [0.25, 0.3) is 0 Å². The Labute approximate surface area is 128 Å². The third-order valence-corrected chi connectivity index (χ3v) is 4.38. The number of rotatable bonds is 7. The third kappa shape index (κ3) is 4.90. The van der Waals surface area contributed by atoms with Gasteiger partial charge in [-0.15, -0.1) is 0 Å². The molecular formula is C17H29N3O. The number of nitrogens with zero attached hydrogens (tertiary/aromatic N) is 2. The molecule has 2 N–H and O–H groups in total. The van der Waals surface area contributed by atoms with Crippen molar-refractivity contribution in [3.05, 3.63) is 24.3 Å². The van der Waals surface area contributed by atoms with Crippen molar-refractivity contribution in [2.45, 2.75) is 19.8 Å². The van der Waals surface area contributed by atoms with Crippen LogP contribution in [0.3, 0.4) is 0 Å². The molecule has 21 heavy (non-hydrogen) atoms. The summed E-state index contributed by atoms with van der Waals surface area (Å²) in [6.07, 6.45) is 2.51. The Morgan fingerprint density at radius 1 is 1.14 bits per heavy atom. The molecule has 1 aliphatic rings. The monoisotopic (exact) mass is 291 g/mol. The summed E-state index contributed by atoms with van der Waals surface area (Å²) in [4.78, 5) is 5.03. The first kappa shape index (κ1) is 16.1. The molecule has 1 aliphatic heterocycles. The maximum Gasteiger partial charge on any atom is 0.119 e. The lowest BCUT2D eigenvalue weighted by Crippen LogP contribution is -2.46. The molecule has 1 saturated heterocycles. The van der Waals surface area contributed by atoms with E-state index in [9.17, 15) is 0 Å². The fraction of sp³-hybridized carbons (Fsp3) is 0.647. The maximum absolute atomic E-state index is 5.67. The fourth-order valence-electron chi connectivity index (χ4n) is 2.80. The van der Waals surface area contributed by atoms with Crippen LogP contribution in [0.4, 0.5) is 5.69 Å². The van der Waals surface area contributed by atoms with E-state index in [4.69, 9.17) is 10.5 Å². The largest absolute Gasteiger partial charge is 0.497 e. The highest BCUT2D eigenvalue weighted by molar-refractivity contribution is 5.49. The van der Waals surface area contributed by atoms with Gasteiger partial charge in [-0.1, -0.05) is 6.92 Å². The van der Waals surface area contributed by atoms with Crippen molar-refractivity contribution in [3.63, 3.8) is 0 Å². The second-order valence-corrected chi connectivity index (χ2v) is 6.01. The standard InChI is InChI=1S/C17H29N3O/c1-15(14-18)4-3-9-19-10-12-20(13-11-19)16-5-7-17(21-2)8-6-16/h5-8,15H,3-4,9-14,18H2,1-2H3. The first-order valence-corrected chi connectivity index (χ1v) is 8.04. The summed E-state index contributed by atoms with van der Waals surface area (Å²) in [5.74, 6) is 1.58. The molecule has 1 aromatic carbocycles. The van der Waals surface area contributed by atoms with Crippen LogP contribution >= 0.6 is 0 Å². The van der Waals surface area contributed by atoms with E-state index in [0.717, 1.165) is 38.5 Å². The zero-order chi connectivity index (χ0) is 15.1. The van der Waals surface area contributed by atoms with E-state index < -0.39 is 0 Å². The number of ether oxygens (including phenoxy) is 1. The second kappa shape index (κ2) is 8.25. The first-order chi connectivity index (χ1) is 10.2. The van der Waals surface area contributed by atoms with E-state index in [2.05, 4.69) is 28.9 Å². The predicted octanol–water partition coefficient (Wildman–Crippen LogP) is 2.19. The highest BCUT2D eigenvalue weighted by Gasteiger charge is 2.16. The number of hydrogen-bond donors (Lipinski definition) is 1. The van der Waals surface area contributed by atoms with E-state index in [1.807, 2.05) is 12.1 Å². The highest BCUT2D eigenvalue weighted by Crippen LogP contribution is 2.20. The van der Waals surface area contributed by atoms with Crippen LogP contribution in [0.5, 0.6) is 5.75 Å². The van der Waals surface area contributed by atoms with Gasteiger partial charge in [0.1, 0.15) is 5.75 Å². The summed E-state index contributed by atoms with van der Waals surface area (Å²) in [5, 5.41) is 0. The zero-order valence-electron chi connectivity index (χ0n) is 13.4. The van der Waals surface area contributed by atoms with E-state index in [1.165, 1.54) is 25.1 Å². The van der Waals surface area contributed by atoms with Gasteiger partial charge in [0, 0.05) is 31.9 Å². The molecule has 0 aliphatic carbocycles. The number of anilines is 1. The van der Waals surface area contributed by atoms with Crippen LogP contribution in [-0.4, -0.2) is 51.3 Å². The van der Waals surface area contributed by atoms with Gasteiger partial charge in [0.15, 0.2) is 0 Å². The van der Waals surface area contributed by atoms with Crippen LogP contribution < -0.4 is 15.4 Å². The number of methoxy groups -OCH3 is 1. The fourth-order valence-corrected chi connectivity index (χ4v) is 2.80. The molecule has 1 atom stereocenters. The summed E-state index contributed by atoms with van der Waals surface area (Å²) < 4.78 is 5.21. The van der Waals surface area contributed by atoms with E-state index in [0.29, 0.717) is 5.92 Å². The Bertz CT molecular complexity index is 399. The molecule has 1 aromatic rings. The lowest BCUT2D eigenvalue weighted by Gasteiger charge is -2.36. The molecular weight excluding hydrogens is 262 g/mol. The summed E-state index contributed by atoms with van der Waals surface area (Å²) in [6.45, 7) is 8.79. The SMILES string of the molecule is COc1ccc(N2CCN(CCCC(C)CN)CC2)cc1. The van der Waals surface area contributed by atoms with Crippen molar-refractivity contribution >= 4 is 5.69 Å². The van der Waals surface area contributed by atoms with E-state index >= 15 is 0 Å². The molecule has 4 nitrogen and oxygen atoms in total. The Morgan fingerprint density at radius 2 is 1.81 bits per heavy atom. The van der Waals surface area contributed by atoms with Gasteiger partial charge in [0.05, 0.1) is 7.11 Å². The van der Waals surface area contributed by atoms with Crippen molar-refractivity contribution in [2.75, 3.05) is 51.3 Å². The summed E-state index contributed by atoms with van der Waals surface area (Å²) >= 11 is 0. The lowest BCUT2D eigenvalue weighted by molar-refractivity contribution is 0.248. The summed E-state index contributed by atoms with van der Waals surface area (Å²) in [6, 6.07) is 8.38. The highest BCUT2D eigenvalue weighted by atomic mass is 16.5. The Morgan fingerprint density at radius 3 is 2.38 bits per heavy atom. The normalized spacial score (nSPS) is 17.8. The van der Waals surface area contributed by atoms with Gasteiger partial charge in [-0.25, -0.2) is 0 Å². The number of piperazine rings is 1. The van der Waals surface area contributed by atoms with E-state index in [-0.39, 0.29) is 0 Å². The Balaban J connectivity index is 1.72. The van der Waals surface area contributed by atoms with Crippen LogP contribution in [0.15, 0.2) is 24.3 Å². The molecule has 1 heterocycles. The lowest BCUT2D eigenvalue weighted by atomic mass is 10.1. The number of hydrogen-bond acceptors (Lipinski definition) is 4. The summed E-state index contributed by atoms with van der Waals surface area (Å²) in [7, 11) is 1.71. The third-order valence-electron chi connectivity index (χ3n) is 4.38. The smallest absolute Gasteiger partial charge is 0.119 e. The minimum absolute atomic E-state index is 0.658. The van der Waals surface area contributed by atoms with Crippen molar-refractivity contribution < 1.29 is 4.74 Å². The molecule has 0 bridgehead atoms. The molecule has 4 heteroatoms. The van der Waals surface area contributed by atoms with Gasteiger partial charge in [0.2, 0.25) is 0 Å². The molecule has 1 fully saturated rings. The predicted molar refractivity (Wildman–Crippen MR) is 89.1 cm³/mol. The first-order valence-electron chi connectivity index (χ1n) is 8.04. The van der Waals surface area contributed by atoms with Crippen LogP contribution in [-0.2, 0) is 0 Å². The molecule has 0 aromatic heterocycles. The van der Waals surface area contributed by atoms with Crippen LogP contribution in [0.25, 0.3) is 0 Å². The van der Waals surface area contributed by atoms with Crippen LogP contribution in [0, 0.1) is 5.92 Å². The van der Waals surface area contributed by atoms with Gasteiger partial charge < -0.3 is 15.4 Å². The quantitative estimate of drug-likeness (QED) is 0.836. The molecule has 0 radical (unpaired) electrons. The zero-order valence-corrected chi connectivity index (χ0v) is 13.4. The number of nitrogens with two attached hydrogens (primary N) is 1. The molecule has 118 valence electrons. The van der Waals surface area contributed by atoms with Crippen molar-refractivity contribution in [1.82, 2.24) is 4.90 Å². The number of benzene rings is 1. The topological polar surface area (TPSA) is 41.7 Å². The molecule has 1 unspecified atom stereocenters. The van der Waals surface area contributed by atoms with Gasteiger partial charge in [-0.05, 0) is 56.1 Å². The molecule has 0 amide bonds. The van der Waals surface area contributed by atoms with E-state index in [1.54, 1.807) is 7.11 Å². The Kier molecular flexibility index (Phi) is 6.33. The minimum Gasteiger partial charge on any atom is -0.497 e. The van der Waals surface area contributed by atoms with Gasteiger partial charge in [-0.3, -0.25) is 4.90 Å². The molecule has 0 spiro atoms. The Hall–Kier alpha value is -1.26. The second-order valence-electron chi connectivity index (χ2n) is 6.01. The minimum atomic E-state index is 0.658. The maximum atomic E-state index is 5.67. The van der Waals surface area contributed by atoms with Gasteiger partial charge >= 0.3 is 0 Å². The average Bonchev–Trinajstić information content (AvgIpc) is 2.55. The van der Waals surface area contributed by atoms with Crippen LogP contribution in [0.2, 0.25) is 0 Å². The molecule has 2 rings (SSSR count). The van der Waals surface area contributed by atoms with Gasteiger partial charge in [-0.2, -0.15) is 0 Å². The average molecular weight is 291 g/mol. The summed E-state index contributed by atoms with van der Waals surface area (Å²) in [5.41, 5.74) is 6.96. The molecule has 0 saturated carbocycles. The van der Waals surface area contributed by atoms with Crippen molar-refractivity contribution in [2.24, 2.45) is 11.7 Å².